The summed E-state index contributed by atoms with van der Waals surface area (Å²) in [6.07, 6.45) is 0. The molecule has 1 atom stereocenters. The Hall–Kier alpha value is -1.74. The smallest absolute Gasteiger partial charge is 0.159 e. The fourth-order valence-electron chi connectivity index (χ4n) is 2.90. The Bertz CT molecular complexity index is 627. The molecule has 0 bridgehead atoms. The van der Waals surface area contributed by atoms with E-state index in [1.54, 1.807) is 6.07 Å². The largest absolute Gasteiger partial charge is 0.306 e. The molecule has 0 fully saturated rings. The monoisotopic (exact) mass is 289 g/mol. The van der Waals surface area contributed by atoms with Gasteiger partial charge in [0.15, 0.2) is 11.6 Å². The van der Waals surface area contributed by atoms with Crippen molar-refractivity contribution < 1.29 is 8.78 Å². The summed E-state index contributed by atoms with van der Waals surface area (Å²) in [5.74, 6) is -1.61. The minimum absolute atomic E-state index is 0.152. The maximum atomic E-state index is 13.2. The Morgan fingerprint density at radius 3 is 2.14 bits per heavy atom. The van der Waals surface area contributed by atoms with Crippen molar-refractivity contribution in [2.24, 2.45) is 0 Å². The summed E-state index contributed by atoms with van der Waals surface area (Å²) in [6, 6.07) is 8.49. The van der Waals surface area contributed by atoms with Crippen LogP contribution in [0.1, 0.15) is 40.8 Å². The molecule has 0 radical (unpaired) electrons. The molecule has 0 spiro atoms. The van der Waals surface area contributed by atoms with Crippen molar-refractivity contribution in [2.75, 3.05) is 0 Å². The van der Waals surface area contributed by atoms with Gasteiger partial charge in [-0.15, -0.1) is 0 Å². The van der Waals surface area contributed by atoms with Crippen molar-refractivity contribution in [3.63, 3.8) is 0 Å². The number of halogens is 2. The highest BCUT2D eigenvalue weighted by Crippen LogP contribution is 2.23. The third kappa shape index (κ3) is 3.67. The fourth-order valence-corrected chi connectivity index (χ4v) is 2.90. The molecule has 0 saturated heterocycles. The third-order valence-corrected chi connectivity index (χ3v) is 3.77. The van der Waals surface area contributed by atoms with Crippen LogP contribution in [0.3, 0.4) is 0 Å². The van der Waals surface area contributed by atoms with Gasteiger partial charge >= 0.3 is 0 Å². The van der Waals surface area contributed by atoms with Crippen LogP contribution in [0.4, 0.5) is 8.78 Å². The van der Waals surface area contributed by atoms with E-state index >= 15 is 0 Å². The van der Waals surface area contributed by atoms with Crippen LogP contribution in [-0.4, -0.2) is 0 Å². The van der Waals surface area contributed by atoms with Gasteiger partial charge in [0.25, 0.3) is 0 Å². The molecule has 0 amide bonds. The molecular weight excluding hydrogens is 268 g/mol. The average Bonchev–Trinajstić information content (AvgIpc) is 2.39. The Morgan fingerprint density at radius 1 is 0.952 bits per heavy atom. The molecule has 2 aromatic carbocycles. The van der Waals surface area contributed by atoms with Gasteiger partial charge in [-0.2, -0.15) is 0 Å². The average molecular weight is 289 g/mol. The lowest BCUT2D eigenvalue weighted by Gasteiger charge is -2.20. The Balaban J connectivity index is 2.11. The first-order valence-corrected chi connectivity index (χ1v) is 7.13. The predicted molar refractivity (Wildman–Crippen MR) is 82.3 cm³/mol. The molecule has 1 unspecified atom stereocenters. The van der Waals surface area contributed by atoms with Crippen molar-refractivity contribution in [1.82, 2.24) is 5.32 Å². The maximum Gasteiger partial charge on any atom is 0.159 e. The van der Waals surface area contributed by atoms with Gasteiger partial charge in [-0.1, -0.05) is 23.8 Å². The van der Waals surface area contributed by atoms with Crippen molar-refractivity contribution >= 4 is 0 Å². The van der Waals surface area contributed by atoms with Crippen molar-refractivity contribution in [1.29, 1.82) is 0 Å². The maximum absolute atomic E-state index is 13.2. The molecule has 0 aromatic heterocycles. The first-order chi connectivity index (χ1) is 9.88. The number of benzene rings is 2. The van der Waals surface area contributed by atoms with Crippen LogP contribution in [0.25, 0.3) is 0 Å². The SMILES string of the molecule is Cc1cc(C)c(C(C)NCc2ccc(F)c(F)c2)c(C)c1. The van der Waals surface area contributed by atoms with E-state index in [-0.39, 0.29) is 6.04 Å². The lowest BCUT2D eigenvalue weighted by atomic mass is 9.95. The normalized spacial score (nSPS) is 12.5. The van der Waals surface area contributed by atoms with E-state index in [2.05, 4.69) is 45.1 Å². The molecule has 0 aliphatic carbocycles. The minimum Gasteiger partial charge on any atom is -0.306 e. The third-order valence-electron chi connectivity index (χ3n) is 3.77. The molecule has 0 aliphatic rings. The predicted octanol–water partition coefficient (Wildman–Crippen LogP) is 4.74. The summed E-state index contributed by atoms with van der Waals surface area (Å²) in [5, 5.41) is 3.37. The van der Waals surface area contributed by atoms with Crippen molar-refractivity contribution in [3.05, 3.63) is 69.8 Å². The zero-order chi connectivity index (χ0) is 15.6. The molecule has 0 saturated carbocycles. The number of aryl methyl sites for hydroxylation is 3. The van der Waals surface area contributed by atoms with E-state index in [9.17, 15) is 8.78 Å². The summed E-state index contributed by atoms with van der Waals surface area (Å²) in [7, 11) is 0. The lowest BCUT2D eigenvalue weighted by molar-refractivity contribution is 0.503. The van der Waals surface area contributed by atoms with E-state index in [0.29, 0.717) is 6.54 Å². The lowest BCUT2D eigenvalue weighted by Crippen LogP contribution is -2.20. The molecule has 2 aromatic rings. The first-order valence-electron chi connectivity index (χ1n) is 7.13. The van der Waals surface area contributed by atoms with Crippen LogP contribution >= 0.6 is 0 Å². The summed E-state index contributed by atoms with van der Waals surface area (Å²) in [4.78, 5) is 0. The van der Waals surface area contributed by atoms with Gasteiger partial charge in [0.1, 0.15) is 0 Å². The zero-order valence-corrected chi connectivity index (χ0v) is 12.9. The summed E-state index contributed by atoms with van der Waals surface area (Å²) >= 11 is 0. The highest BCUT2D eigenvalue weighted by Gasteiger charge is 2.12. The van der Waals surface area contributed by atoms with Crippen LogP contribution in [0.15, 0.2) is 30.3 Å². The first kappa shape index (κ1) is 15.6. The van der Waals surface area contributed by atoms with Gasteiger partial charge < -0.3 is 5.32 Å². The highest BCUT2D eigenvalue weighted by molar-refractivity contribution is 5.39. The van der Waals surface area contributed by atoms with Gasteiger partial charge in [-0.05, 0) is 62.1 Å². The number of hydrogen-bond acceptors (Lipinski definition) is 1. The van der Waals surface area contributed by atoms with Crippen LogP contribution in [-0.2, 0) is 6.54 Å². The van der Waals surface area contributed by atoms with E-state index in [0.717, 1.165) is 5.56 Å². The standard InChI is InChI=1S/C18H21F2N/c1-11-7-12(2)18(13(3)8-11)14(4)21-10-15-5-6-16(19)17(20)9-15/h5-9,14,21H,10H2,1-4H3. The molecular formula is C18H21F2N. The molecule has 1 N–H and O–H groups in total. The van der Waals surface area contributed by atoms with Gasteiger partial charge in [-0.25, -0.2) is 8.78 Å². The topological polar surface area (TPSA) is 12.0 Å². The van der Waals surface area contributed by atoms with E-state index in [4.69, 9.17) is 0 Å². The van der Waals surface area contributed by atoms with Gasteiger partial charge in [-0.3, -0.25) is 0 Å². The molecule has 0 aliphatic heterocycles. The van der Waals surface area contributed by atoms with Gasteiger partial charge in [0.2, 0.25) is 0 Å². The summed E-state index contributed by atoms with van der Waals surface area (Å²) in [6.45, 7) is 8.88. The summed E-state index contributed by atoms with van der Waals surface area (Å²) in [5.41, 5.74) is 5.75. The Morgan fingerprint density at radius 2 is 1.57 bits per heavy atom. The minimum atomic E-state index is -0.808. The van der Waals surface area contributed by atoms with E-state index in [1.807, 2.05) is 0 Å². The van der Waals surface area contributed by atoms with Gasteiger partial charge in [0.05, 0.1) is 0 Å². The number of rotatable bonds is 4. The van der Waals surface area contributed by atoms with E-state index < -0.39 is 11.6 Å². The molecule has 112 valence electrons. The number of hydrogen-bond donors (Lipinski definition) is 1. The number of nitrogens with one attached hydrogen (secondary N) is 1. The second kappa shape index (κ2) is 6.35. The zero-order valence-electron chi connectivity index (χ0n) is 12.9. The van der Waals surface area contributed by atoms with E-state index in [1.165, 1.54) is 34.4 Å². The van der Waals surface area contributed by atoms with Gasteiger partial charge in [0, 0.05) is 12.6 Å². The second-order valence-corrected chi connectivity index (χ2v) is 5.66. The Labute approximate surface area is 125 Å². The summed E-state index contributed by atoms with van der Waals surface area (Å²) < 4.78 is 26.1. The highest BCUT2D eigenvalue weighted by atomic mass is 19.2. The van der Waals surface area contributed by atoms with Crippen LogP contribution in [0, 0.1) is 32.4 Å². The fraction of sp³-hybridized carbons (Fsp3) is 0.333. The Kier molecular flexibility index (Phi) is 4.73. The van der Waals surface area contributed by atoms with Crippen LogP contribution in [0.5, 0.6) is 0 Å². The second-order valence-electron chi connectivity index (χ2n) is 5.66. The van der Waals surface area contributed by atoms with Crippen LogP contribution < -0.4 is 5.32 Å². The van der Waals surface area contributed by atoms with Crippen molar-refractivity contribution in [3.8, 4) is 0 Å². The van der Waals surface area contributed by atoms with Crippen LogP contribution in [0.2, 0.25) is 0 Å². The quantitative estimate of drug-likeness (QED) is 0.857. The molecule has 2 rings (SSSR count). The molecule has 0 heterocycles. The molecule has 1 nitrogen and oxygen atoms in total. The van der Waals surface area contributed by atoms with Crippen molar-refractivity contribution in [2.45, 2.75) is 40.3 Å². The molecule has 21 heavy (non-hydrogen) atoms. The molecule has 3 heteroatoms.